The zero-order valence-corrected chi connectivity index (χ0v) is 26.7. The van der Waals surface area contributed by atoms with Crippen molar-refractivity contribution in [1.82, 2.24) is 49.5 Å². The van der Waals surface area contributed by atoms with Crippen molar-refractivity contribution >= 4 is 22.9 Å². The van der Waals surface area contributed by atoms with E-state index in [0.717, 1.165) is 84.1 Å². The third kappa shape index (κ3) is 4.89. The molecule has 0 aromatic carbocycles. The Balaban J connectivity index is 1.14. The number of hydrogen-bond donors (Lipinski definition) is 4. The summed E-state index contributed by atoms with van der Waals surface area (Å²) >= 11 is 0. The maximum Gasteiger partial charge on any atom is 0.203 e. The van der Waals surface area contributed by atoms with Crippen LogP contribution in [-0.4, -0.2) is 90.1 Å². The van der Waals surface area contributed by atoms with E-state index >= 15 is 0 Å². The van der Waals surface area contributed by atoms with Crippen molar-refractivity contribution in [3.05, 3.63) is 67.1 Å². The summed E-state index contributed by atoms with van der Waals surface area (Å²) in [5.74, 6) is 1.36. The van der Waals surface area contributed by atoms with Gasteiger partial charge in [0.05, 0.1) is 54.5 Å². The first kappa shape index (κ1) is 29.2. The van der Waals surface area contributed by atoms with Gasteiger partial charge in [-0.15, -0.1) is 9.36 Å². The Hall–Kier alpha value is -4.96. The molecular weight excluding hydrogens is 610 g/mol. The molecule has 1 atom stereocenters. The first-order valence-corrected chi connectivity index (χ1v) is 16.5. The van der Waals surface area contributed by atoms with Gasteiger partial charge < -0.3 is 31.2 Å². The van der Waals surface area contributed by atoms with Gasteiger partial charge >= 0.3 is 0 Å². The number of aromatic nitrogens is 9. The largest absolute Gasteiger partial charge is 0.384 e. The molecule has 0 radical (unpaired) electrons. The van der Waals surface area contributed by atoms with Gasteiger partial charge in [-0.05, 0) is 43.6 Å². The Bertz CT molecular complexity index is 2110. The number of anilines is 2. The van der Waals surface area contributed by atoms with Crippen LogP contribution < -0.4 is 26.4 Å². The fourth-order valence-electron chi connectivity index (χ4n) is 7.34. The lowest BCUT2D eigenvalue weighted by Crippen LogP contribution is -2.49. The number of rotatable bonds is 6. The molecule has 9 rings (SSSR count). The van der Waals surface area contributed by atoms with Crippen LogP contribution in [0.3, 0.4) is 0 Å². The minimum Gasteiger partial charge on any atom is -0.384 e. The third-order valence-corrected chi connectivity index (χ3v) is 9.80. The Kier molecular flexibility index (Phi) is 7.07. The standard InChI is InChI=1S/C33H38N13O2/c1-43-19-22(25-17-38-45-28(34)14-27(41-31(25)45)26-18-37-11-6-33(26)47-12-13-48-33)20-44(43)29-15-30(40-23-4-9-36-10-5-23)46-32(42-29)24(16-39-46)21-2-7-35-8-3-21/h2-3,7-8,14-17,19-20,23,26,36-37,40H,4-6,9-13,18,34H2,1H3/q+1. The first-order chi connectivity index (χ1) is 23.6. The third-order valence-electron chi connectivity index (χ3n) is 9.80. The van der Waals surface area contributed by atoms with E-state index in [1.807, 2.05) is 51.5 Å². The number of fused-ring (bicyclic) bond motifs is 2. The fraction of sp³-hybridized carbons (Fsp3) is 0.394. The Morgan fingerprint density at radius 1 is 0.938 bits per heavy atom. The second-order valence-corrected chi connectivity index (χ2v) is 12.7. The number of nitrogen functional groups attached to an aromatic ring is 1. The van der Waals surface area contributed by atoms with Gasteiger partial charge in [-0.3, -0.25) is 4.98 Å². The van der Waals surface area contributed by atoms with E-state index in [2.05, 4.69) is 44.5 Å². The molecule has 48 heavy (non-hydrogen) atoms. The average molecular weight is 649 g/mol. The number of pyridine rings is 1. The molecule has 3 saturated heterocycles. The zero-order chi connectivity index (χ0) is 32.2. The molecule has 3 aliphatic rings. The van der Waals surface area contributed by atoms with E-state index in [0.29, 0.717) is 37.3 Å². The summed E-state index contributed by atoms with van der Waals surface area (Å²) in [6.07, 6.45) is 14.2. The van der Waals surface area contributed by atoms with Crippen molar-refractivity contribution in [3.8, 4) is 28.1 Å². The van der Waals surface area contributed by atoms with Gasteiger partial charge in [0, 0.05) is 55.6 Å². The highest BCUT2D eigenvalue weighted by molar-refractivity contribution is 5.79. The minimum atomic E-state index is -0.689. The summed E-state index contributed by atoms with van der Waals surface area (Å²) in [6, 6.07) is 8.24. The van der Waals surface area contributed by atoms with Crippen molar-refractivity contribution in [2.75, 3.05) is 50.4 Å². The van der Waals surface area contributed by atoms with Crippen LogP contribution in [0.25, 0.3) is 39.4 Å². The molecule has 5 N–H and O–H groups in total. The molecule has 0 aliphatic carbocycles. The molecular formula is C33H38N13O2+. The van der Waals surface area contributed by atoms with Crippen LogP contribution in [0.15, 0.2) is 61.4 Å². The molecule has 9 heterocycles. The lowest BCUT2D eigenvalue weighted by atomic mass is 9.88. The molecule has 1 spiro atoms. The van der Waals surface area contributed by atoms with Gasteiger partial charge in [0.2, 0.25) is 6.20 Å². The Labute approximate surface area is 276 Å². The molecule has 15 nitrogen and oxygen atoms in total. The number of ether oxygens (including phenoxy) is 2. The second kappa shape index (κ2) is 11.6. The molecule has 0 saturated carbocycles. The van der Waals surface area contributed by atoms with Gasteiger partial charge in [-0.2, -0.15) is 19.2 Å². The van der Waals surface area contributed by atoms with Crippen LogP contribution in [0.5, 0.6) is 0 Å². The maximum atomic E-state index is 6.58. The summed E-state index contributed by atoms with van der Waals surface area (Å²) in [5, 5.41) is 20.1. The predicted molar refractivity (Wildman–Crippen MR) is 177 cm³/mol. The quantitative estimate of drug-likeness (QED) is 0.195. The van der Waals surface area contributed by atoms with E-state index in [4.69, 9.17) is 30.3 Å². The first-order valence-electron chi connectivity index (χ1n) is 16.5. The van der Waals surface area contributed by atoms with Gasteiger partial charge in [0.25, 0.3) is 0 Å². The van der Waals surface area contributed by atoms with Crippen LogP contribution in [0.1, 0.15) is 30.9 Å². The summed E-state index contributed by atoms with van der Waals surface area (Å²) in [5.41, 5.74) is 12.6. The number of nitrogens with zero attached hydrogens (tertiary/aromatic N) is 9. The maximum absolute atomic E-state index is 6.58. The van der Waals surface area contributed by atoms with E-state index in [1.165, 1.54) is 0 Å². The molecule has 6 aromatic heterocycles. The van der Waals surface area contributed by atoms with E-state index < -0.39 is 5.79 Å². The van der Waals surface area contributed by atoms with Crippen LogP contribution >= 0.6 is 0 Å². The van der Waals surface area contributed by atoms with Crippen LogP contribution in [0.4, 0.5) is 11.6 Å². The Morgan fingerprint density at radius 3 is 2.50 bits per heavy atom. The highest BCUT2D eigenvalue weighted by Crippen LogP contribution is 2.40. The summed E-state index contributed by atoms with van der Waals surface area (Å²) in [4.78, 5) is 14.5. The van der Waals surface area contributed by atoms with Crippen LogP contribution in [0.2, 0.25) is 0 Å². The van der Waals surface area contributed by atoms with E-state index in [1.54, 1.807) is 16.9 Å². The zero-order valence-electron chi connectivity index (χ0n) is 26.7. The fourth-order valence-corrected chi connectivity index (χ4v) is 7.34. The van der Waals surface area contributed by atoms with Crippen LogP contribution in [-0.2, 0) is 16.5 Å². The normalized spacial score (nSPS) is 19.9. The topological polar surface area (TPSA) is 163 Å². The molecule has 3 aliphatic heterocycles. The molecule has 15 heteroatoms. The monoisotopic (exact) mass is 648 g/mol. The van der Waals surface area contributed by atoms with E-state index in [9.17, 15) is 0 Å². The van der Waals surface area contributed by atoms with Crippen LogP contribution in [0, 0.1) is 0 Å². The number of hydrogen-bond acceptors (Lipinski definition) is 11. The predicted octanol–water partition coefficient (Wildman–Crippen LogP) is 1.68. The lowest BCUT2D eigenvalue weighted by molar-refractivity contribution is -0.744. The number of nitrogens with two attached hydrogens (primary N) is 1. The second-order valence-electron chi connectivity index (χ2n) is 12.7. The number of piperidine rings is 2. The number of nitrogens with one attached hydrogen (secondary N) is 3. The summed E-state index contributed by atoms with van der Waals surface area (Å²) in [7, 11) is 2.00. The smallest absolute Gasteiger partial charge is 0.203 e. The van der Waals surface area contributed by atoms with Crippen molar-refractivity contribution < 1.29 is 14.2 Å². The van der Waals surface area contributed by atoms with Gasteiger partial charge in [0.15, 0.2) is 29.9 Å². The number of aryl methyl sites for hydroxylation is 1. The molecule has 246 valence electrons. The molecule has 0 amide bonds. The van der Waals surface area contributed by atoms with Crippen molar-refractivity contribution in [2.24, 2.45) is 7.05 Å². The van der Waals surface area contributed by atoms with Crippen molar-refractivity contribution in [2.45, 2.75) is 37.0 Å². The molecule has 0 bridgehead atoms. The van der Waals surface area contributed by atoms with Gasteiger partial charge in [-0.1, -0.05) is 0 Å². The Morgan fingerprint density at radius 2 is 1.69 bits per heavy atom. The van der Waals surface area contributed by atoms with E-state index in [-0.39, 0.29) is 5.92 Å². The molecule has 1 unspecified atom stereocenters. The van der Waals surface area contributed by atoms with Gasteiger partial charge in [0.1, 0.15) is 11.6 Å². The lowest BCUT2D eigenvalue weighted by Gasteiger charge is -2.39. The summed E-state index contributed by atoms with van der Waals surface area (Å²) < 4.78 is 20.0. The van der Waals surface area contributed by atoms with Crippen molar-refractivity contribution in [1.29, 1.82) is 0 Å². The average Bonchev–Trinajstić information content (AvgIpc) is 3.92. The SMILES string of the molecule is C[n+]1cc(-c2cnn3c(N)cc(C4CNCCC45OCCO5)nc23)cn1-c1cc(NC2CCNCC2)n2ncc(-c3ccncc3)c2n1. The summed E-state index contributed by atoms with van der Waals surface area (Å²) in [6.45, 7) is 4.63. The highest BCUT2D eigenvalue weighted by atomic mass is 16.7. The highest BCUT2D eigenvalue weighted by Gasteiger charge is 2.47. The van der Waals surface area contributed by atoms with Gasteiger partial charge in [-0.25, -0.2) is 9.97 Å². The molecule has 6 aromatic rings. The van der Waals surface area contributed by atoms with Crippen molar-refractivity contribution in [3.63, 3.8) is 0 Å². The molecule has 3 fully saturated rings. The minimum absolute atomic E-state index is 0.100.